The van der Waals surface area contributed by atoms with Gasteiger partial charge in [0.15, 0.2) is 6.10 Å². The molecule has 1 heterocycles. The normalized spacial score (nSPS) is 16.1. The van der Waals surface area contributed by atoms with Gasteiger partial charge in [0.2, 0.25) is 10.0 Å². The van der Waals surface area contributed by atoms with E-state index in [0.717, 1.165) is 30.4 Å². The molecule has 0 saturated carbocycles. The maximum absolute atomic E-state index is 12.8. The predicted molar refractivity (Wildman–Crippen MR) is 118 cm³/mol. The van der Waals surface area contributed by atoms with E-state index in [1.807, 2.05) is 39.0 Å². The topological polar surface area (TPSA) is 75.7 Å². The minimum Gasteiger partial charge on any atom is -0.480 e. The number of sulfonamides is 1. The number of anilines is 1. The Hall–Kier alpha value is -2.38. The van der Waals surface area contributed by atoms with Crippen molar-refractivity contribution in [3.63, 3.8) is 0 Å². The molecule has 30 heavy (non-hydrogen) atoms. The van der Waals surface area contributed by atoms with E-state index >= 15 is 0 Å². The largest absolute Gasteiger partial charge is 0.480 e. The second-order valence-electron chi connectivity index (χ2n) is 7.69. The van der Waals surface area contributed by atoms with Crippen molar-refractivity contribution in [2.45, 2.75) is 57.5 Å². The Morgan fingerprint density at radius 1 is 1.07 bits per heavy atom. The van der Waals surface area contributed by atoms with Gasteiger partial charge in [-0.25, -0.2) is 8.42 Å². The Bertz CT molecular complexity index is 981. The third kappa shape index (κ3) is 5.02. The molecule has 3 rings (SSSR count). The summed E-state index contributed by atoms with van der Waals surface area (Å²) in [5, 5.41) is 2.83. The van der Waals surface area contributed by atoms with E-state index in [4.69, 9.17) is 4.74 Å². The molecule has 0 radical (unpaired) electrons. The van der Waals surface area contributed by atoms with Crippen molar-refractivity contribution in [1.82, 2.24) is 4.31 Å². The van der Waals surface area contributed by atoms with Crippen LogP contribution < -0.4 is 10.1 Å². The molecule has 162 valence electrons. The van der Waals surface area contributed by atoms with E-state index in [-0.39, 0.29) is 10.8 Å². The summed E-state index contributed by atoms with van der Waals surface area (Å²) in [6.07, 6.45) is 2.74. The van der Waals surface area contributed by atoms with Gasteiger partial charge >= 0.3 is 0 Å². The standard InChI is InChI=1S/C23H30N2O4S/c1-4-21(29-22-10-8-9-17(2)18(22)3)23(26)24-19-11-13-20(14-12-19)30(27,28)25-15-6-5-7-16-25/h8-14,21H,4-7,15-16H2,1-3H3,(H,24,26)/t21-/m1/s1. The monoisotopic (exact) mass is 430 g/mol. The summed E-state index contributed by atoms with van der Waals surface area (Å²) in [4.78, 5) is 13.0. The summed E-state index contributed by atoms with van der Waals surface area (Å²) in [5.74, 6) is 0.435. The number of hydrogen-bond donors (Lipinski definition) is 1. The molecule has 0 aromatic heterocycles. The van der Waals surface area contributed by atoms with Crippen molar-refractivity contribution in [3.8, 4) is 5.75 Å². The third-order valence-corrected chi connectivity index (χ3v) is 7.47. The fraction of sp³-hybridized carbons (Fsp3) is 0.435. The molecule has 2 aromatic carbocycles. The molecule has 1 fully saturated rings. The van der Waals surface area contributed by atoms with E-state index in [1.165, 1.54) is 4.31 Å². The highest BCUT2D eigenvalue weighted by Crippen LogP contribution is 2.24. The highest BCUT2D eigenvalue weighted by molar-refractivity contribution is 7.89. The van der Waals surface area contributed by atoms with Gasteiger partial charge in [0.05, 0.1) is 4.90 Å². The van der Waals surface area contributed by atoms with Crippen LogP contribution >= 0.6 is 0 Å². The number of aryl methyl sites for hydroxylation is 1. The SMILES string of the molecule is CC[C@@H](Oc1cccc(C)c1C)C(=O)Nc1ccc(S(=O)(=O)N2CCCCC2)cc1. The van der Waals surface area contributed by atoms with Crippen molar-refractivity contribution in [2.75, 3.05) is 18.4 Å². The first kappa shape index (κ1) is 22.3. The Balaban J connectivity index is 1.67. The lowest BCUT2D eigenvalue weighted by molar-refractivity contribution is -0.122. The summed E-state index contributed by atoms with van der Waals surface area (Å²) in [5.41, 5.74) is 2.66. The molecule has 6 nitrogen and oxygen atoms in total. The summed E-state index contributed by atoms with van der Waals surface area (Å²) < 4.78 is 33.0. The van der Waals surface area contributed by atoms with Crippen LogP contribution in [0.2, 0.25) is 0 Å². The number of ether oxygens (including phenoxy) is 1. The summed E-state index contributed by atoms with van der Waals surface area (Å²) >= 11 is 0. The van der Waals surface area contributed by atoms with Crippen molar-refractivity contribution in [3.05, 3.63) is 53.6 Å². The van der Waals surface area contributed by atoms with Gasteiger partial charge in [0, 0.05) is 18.8 Å². The fourth-order valence-corrected chi connectivity index (χ4v) is 5.03. The van der Waals surface area contributed by atoms with Crippen molar-refractivity contribution in [2.24, 2.45) is 0 Å². The minimum atomic E-state index is -3.48. The van der Waals surface area contributed by atoms with Gasteiger partial charge in [-0.3, -0.25) is 4.79 Å². The molecule has 0 bridgehead atoms. The van der Waals surface area contributed by atoms with Gasteiger partial charge in [0.25, 0.3) is 5.91 Å². The zero-order valence-electron chi connectivity index (χ0n) is 17.8. The van der Waals surface area contributed by atoms with Crippen LogP contribution in [0.4, 0.5) is 5.69 Å². The Labute approximate surface area is 179 Å². The van der Waals surface area contributed by atoms with Crippen LogP contribution in [0.5, 0.6) is 5.75 Å². The smallest absolute Gasteiger partial charge is 0.265 e. The highest BCUT2D eigenvalue weighted by atomic mass is 32.2. The highest BCUT2D eigenvalue weighted by Gasteiger charge is 2.26. The Morgan fingerprint density at radius 3 is 2.37 bits per heavy atom. The number of rotatable bonds is 7. The van der Waals surface area contributed by atoms with Gasteiger partial charge in [-0.1, -0.05) is 25.5 Å². The predicted octanol–water partition coefficient (Wildman–Crippen LogP) is 4.27. The molecular formula is C23H30N2O4S. The molecular weight excluding hydrogens is 400 g/mol. The molecule has 2 aromatic rings. The first-order chi connectivity index (χ1) is 14.3. The number of nitrogens with one attached hydrogen (secondary N) is 1. The average molecular weight is 431 g/mol. The number of piperidine rings is 1. The molecule has 0 aliphatic carbocycles. The number of benzene rings is 2. The Kier molecular flexibility index (Phi) is 7.15. The third-order valence-electron chi connectivity index (χ3n) is 5.56. The van der Waals surface area contributed by atoms with Crippen LogP contribution in [0.3, 0.4) is 0 Å². The van der Waals surface area contributed by atoms with Crippen molar-refractivity contribution < 1.29 is 17.9 Å². The zero-order valence-corrected chi connectivity index (χ0v) is 18.7. The lowest BCUT2D eigenvalue weighted by Gasteiger charge is -2.26. The zero-order chi connectivity index (χ0) is 21.7. The summed E-state index contributed by atoms with van der Waals surface area (Å²) in [6, 6.07) is 12.1. The molecule has 1 saturated heterocycles. The van der Waals surface area contributed by atoms with E-state index < -0.39 is 16.1 Å². The number of carbonyl (C=O) groups excluding carboxylic acids is 1. The van der Waals surface area contributed by atoms with Crippen LogP contribution in [-0.4, -0.2) is 37.8 Å². The number of amides is 1. The molecule has 1 atom stereocenters. The van der Waals surface area contributed by atoms with Gasteiger partial charge in [-0.2, -0.15) is 4.31 Å². The van der Waals surface area contributed by atoms with E-state index in [9.17, 15) is 13.2 Å². The van der Waals surface area contributed by atoms with Crippen molar-refractivity contribution >= 4 is 21.6 Å². The molecule has 0 spiro atoms. The first-order valence-corrected chi connectivity index (χ1v) is 11.9. The van der Waals surface area contributed by atoms with Crippen LogP contribution in [0.1, 0.15) is 43.7 Å². The van der Waals surface area contributed by atoms with Crippen molar-refractivity contribution in [1.29, 1.82) is 0 Å². The maximum Gasteiger partial charge on any atom is 0.265 e. The van der Waals surface area contributed by atoms with Crippen LogP contribution in [0.15, 0.2) is 47.4 Å². The van der Waals surface area contributed by atoms with Gasteiger partial charge in [0.1, 0.15) is 5.75 Å². The molecule has 7 heteroatoms. The minimum absolute atomic E-state index is 0.251. The van der Waals surface area contributed by atoms with Crippen LogP contribution in [0, 0.1) is 13.8 Å². The lowest BCUT2D eigenvalue weighted by atomic mass is 10.1. The van der Waals surface area contributed by atoms with Crippen LogP contribution in [-0.2, 0) is 14.8 Å². The molecule has 1 amide bonds. The number of nitrogens with zero attached hydrogens (tertiary/aromatic N) is 1. The van der Waals surface area contributed by atoms with E-state index in [1.54, 1.807) is 24.3 Å². The van der Waals surface area contributed by atoms with Crippen LogP contribution in [0.25, 0.3) is 0 Å². The summed E-state index contributed by atoms with van der Waals surface area (Å²) in [7, 11) is -3.48. The molecule has 1 N–H and O–H groups in total. The summed E-state index contributed by atoms with van der Waals surface area (Å²) in [6.45, 7) is 6.99. The second kappa shape index (κ2) is 9.62. The number of carbonyl (C=O) groups is 1. The van der Waals surface area contributed by atoms with E-state index in [2.05, 4.69) is 5.32 Å². The lowest BCUT2D eigenvalue weighted by Crippen LogP contribution is -2.35. The fourth-order valence-electron chi connectivity index (χ4n) is 3.51. The average Bonchev–Trinajstić information content (AvgIpc) is 2.75. The quantitative estimate of drug-likeness (QED) is 0.712. The number of hydrogen-bond acceptors (Lipinski definition) is 4. The maximum atomic E-state index is 12.8. The van der Waals surface area contributed by atoms with Gasteiger partial charge in [-0.05, 0) is 74.6 Å². The molecule has 1 aliphatic rings. The first-order valence-electron chi connectivity index (χ1n) is 10.5. The second-order valence-corrected chi connectivity index (χ2v) is 9.63. The molecule has 1 aliphatic heterocycles. The van der Waals surface area contributed by atoms with E-state index in [0.29, 0.717) is 30.9 Å². The Morgan fingerprint density at radius 2 is 1.73 bits per heavy atom. The molecule has 0 unspecified atom stereocenters. The van der Waals surface area contributed by atoms with Gasteiger partial charge in [-0.15, -0.1) is 0 Å². The van der Waals surface area contributed by atoms with Gasteiger partial charge < -0.3 is 10.1 Å².